The second kappa shape index (κ2) is 42.4. The molecule has 0 fully saturated rings. The Morgan fingerprint density at radius 3 is 1.22 bits per heavy atom. The molecule has 0 aromatic heterocycles. The van der Waals surface area contributed by atoms with Crippen LogP contribution in [-0.2, 0) is 32.7 Å². The highest BCUT2D eigenvalue weighted by molar-refractivity contribution is 7.47. The van der Waals surface area contributed by atoms with E-state index in [9.17, 15) is 19.0 Å². The van der Waals surface area contributed by atoms with E-state index in [0.717, 1.165) is 70.6 Å². The van der Waals surface area contributed by atoms with Crippen LogP contribution in [0.4, 0.5) is 0 Å². The number of ether oxygens (including phenoxy) is 2. The van der Waals surface area contributed by atoms with E-state index in [4.69, 9.17) is 18.5 Å². The monoisotopic (exact) mass is 899 g/mol. The molecule has 0 amide bonds. The van der Waals surface area contributed by atoms with Crippen molar-refractivity contribution in [1.82, 2.24) is 0 Å². The zero-order chi connectivity index (χ0) is 46.0. The summed E-state index contributed by atoms with van der Waals surface area (Å²) in [5.41, 5.74) is 0. The second-order valence-corrected chi connectivity index (χ2v) is 17.5. The van der Waals surface area contributed by atoms with Gasteiger partial charge in [-0.1, -0.05) is 157 Å². The maximum atomic E-state index is 13.3. The third kappa shape index (κ3) is 40.9. The molecule has 4 atom stereocenters. The standard InChI is InChI=1S/C52H84NO8P.CH4/c1-8-12-14-16-18-20-22-24-26-28-30-32-34-36-38-40-42-48(10-3)51(54)58-46-50(47-60-62(56,57)59-45-44-53(5,6)7)61-52(55)49(11-4)43-41-39-37-35-33-31-29-27-25-23-21-19-17-15-13-9-2;/h12-15,18-21,24-27,30-33,36-39,48-50H,8-11,16-17,22-23,28-29,34-35,40-47H2,1-7H3;1H4/p+1/b14-12-,15-13-,20-18-,21-19-,26-24-,27-25-,32-30-,33-31-,38-36-,39-37-;. The molecule has 0 heterocycles. The van der Waals surface area contributed by atoms with Crippen LogP contribution in [-0.4, -0.2) is 74.9 Å². The van der Waals surface area contributed by atoms with Gasteiger partial charge < -0.3 is 18.9 Å². The smallest absolute Gasteiger partial charge is 0.461 e. The number of phosphoric acid groups is 1. The van der Waals surface area contributed by atoms with E-state index in [1.54, 1.807) is 0 Å². The summed E-state index contributed by atoms with van der Waals surface area (Å²) in [6.45, 7) is 7.86. The van der Waals surface area contributed by atoms with Gasteiger partial charge in [-0.3, -0.25) is 18.6 Å². The zero-order valence-electron chi connectivity index (χ0n) is 39.6. The summed E-state index contributed by atoms with van der Waals surface area (Å²) < 4.78 is 35.1. The van der Waals surface area contributed by atoms with Gasteiger partial charge in [0.2, 0.25) is 0 Å². The molecule has 63 heavy (non-hydrogen) atoms. The van der Waals surface area contributed by atoms with Crippen molar-refractivity contribution in [1.29, 1.82) is 0 Å². The third-order valence-electron chi connectivity index (χ3n) is 9.47. The Morgan fingerprint density at radius 2 is 0.873 bits per heavy atom. The number of hydrogen-bond acceptors (Lipinski definition) is 7. The molecule has 0 radical (unpaired) electrons. The Kier molecular flexibility index (Phi) is 41.4. The molecular formula is C53H89NO8P+. The van der Waals surface area contributed by atoms with E-state index >= 15 is 0 Å². The minimum Gasteiger partial charge on any atom is -0.461 e. The van der Waals surface area contributed by atoms with Gasteiger partial charge >= 0.3 is 19.8 Å². The lowest BCUT2D eigenvalue weighted by molar-refractivity contribution is -0.870. The van der Waals surface area contributed by atoms with Crippen LogP contribution < -0.4 is 0 Å². The van der Waals surface area contributed by atoms with Crippen LogP contribution in [0.25, 0.3) is 0 Å². The maximum Gasteiger partial charge on any atom is 0.472 e. The molecule has 358 valence electrons. The van der Waals surface area contributed by atoms with Crippen LogP contribution in [0.3, 0.4) is 0 Å². The number of allylic oxidation sites excluding steroid dienone is 20. The second-order valence-electron chi connectivity index (χ2n) is 16.1. The number of hydrogen-bond donors (Lipinski definition) is 1. The van der Waals surface area contributed by atoms with E-state index in [1.807, 2.05) is 35.0 Å². The lowest BCUT2D eigenvalue weighted by atomic mass is 10.00. The van der Waals surface area contributed by atoms with E-state index < -0.39 is 38.4 Å². The topological polar surface area (TPSA) is 108 Å². The molecule has 0 saturated carbocycles. The molecule has 0 saturated heterocycles. The molecule has 0 aliphatic rings. The summed E-state index contributed by atoms with van der Waals surface area (Å²) in [6, 6.07) is 0. The molecule has 0 aromatic rings. The van der Waals surface area contributed by atoms with Crippen molar-refractivity contribution in [3.05, 3.63) is 122 Å². The predicted molar refractivity (Wildman–Crippen MR) is 267 cm³/mol. The summed E-state index contributed by atoms with van der Waals surface area (Å²) in [5, 5.41) is 0. The van der Waals surface area contributed by atoms with Crippen molar-refractivity contribution in [2.75, 3.05) is 47.5 Å². The number of phosphoric ester groups is 1. The Labute approximate surface area is 385 Å². The highest BCUT2D eigenvalue weighted by Crippen LogP contribution is 2.43. The van der Waals surface area contributed by atoms with Crippen LogP contribution in [0, 0.1) is 11.8 Å². The van der Waals surface area contributed by atoms with Crippen LogP contribution in [0.5, 0.6) is 0 Å². The maximum absolute atomic E-state index is 13.3. The number of rotatable bonds is 38. The Hall–Kier alpha value is -3.59. The van der Waals surface area contributed by atoms with Crippen LogP contribution in [0.1, 0.15) is 138 Å². The highest BCUT2D eigenvalue weighted by atomic mass is 31.2. The van der Waals surface area contributed by atoms with E-state index in [0.29, 0.717) is 43.1 Å². The molecule has 0 aliphatic heterocycles. The predicted octanol–water partition coefficient (Wildman–Crippen LogP) is 14.0. The number of likely N-dealkylation sites (N-methyl/N-ethyl adjacent to an activating group) is 1. The molecule has 10 heteroatoms. The first-order valence-electron chi connectivity index (χ1n) is 23.2. The van der Waals surface area contributed by atoms with Crippen LogP contribution in [0.15, 0.2) is 122 Å². The number of nitrogens with zero attached hydrogens (tertiary/aromatic N) is 1. The summed E-state index contributed by atoms with van der Waals surface area (Å²) in [4.78, 5) is 36.8. The van der Waals surface area contributed by atoms with Crippen molar-refractivity contribution in [2.24, 2.45) is 11.8 Å². The fourth-order valence-corrected chi connectivity index (χ4v) is 6.37. The van der Waals surface area contributed by atoms with E-state index in [-0.39, 0.29) is 26.6 Å². The third-order valence-corrected chi connectivity index (χ3v) is 10.4. The van der Waals surface area contributed by atoms with Gasteiger partial charge in [-0.15, -0.1) is 0 Å². The van der Waals surface area contributed by atoms with Gasteiger partial charge in [0.15, 0.2) is 6.10 Å². The van der Waals surface area contributed by atoms with Crippen molar-refractivity contribution in [3.63, 3.8) is 0 Å². The summed E-state index contributed by atoms with van der Waals surface area (Å²) in [6.07, 6.45) is 55.1. The molecule has 0 aliphatic carbocycles. The van der Waals surface area contributed by atoms with Gasteiger partial charge in [0, 0.05) is 0 Å². The first kappa shape index (κ1) is 61.5. The first-order valence-corrected chi connectivity index (χ1v) is 24.7. The van der Waals surface area contributed by atoms with Crippen molar-refractivity contribution in [2.45, 2.75) is 144 Å². The SMILES string of the molecule is C.CC/C=C\C/C=C\C/C=C\C/C=C\C/C=C\CCC(CC)C(=O)OCC(COP(=O)(O)OCC[N+](C)(C)C)OC(=O)C(CC)CC/C=C\C/C=C\C/C=C\C/C=C\C/C=C\CC. The molecule has 0 aromatic carbocycles. The Balaban J connectivity index is 0. The largest absolute Gasteiger partial charge is 0.472 e. The minimum atomic E-state index is -4.45. The minimum absolute atomic E-state index is 0. The lowest BCUT2D eigenvalue weighted by Gasteiger charge is -2.25. The normalized spacial score (nSPS) is 15.4. The molecule has 1 N–H and O–H groups in total. The van der Waals surface area contributed by atoms with Gasteiger partial charge in [0.25, 0.3) is 0 Å². The van der Waals surface area contributed by atoms with Crippen molar-refractivity contribution in [3.8, 4) is 0 Å². The van der Waals surface area contributed by atoms with E-state index in [2.05, 4.69) is 135 Å². The lowest BCUT2D eigenvalue weighted by Crippen LogP contribution is -2.37. The first-order chi connectivity index (χ1) is 29.9. The number of carbonyl (C=O) groups excluding carboxylic acids is 2. The molecule has 0 spiro atoms. The average molecular weight is 899 g/mol. The van der Waals surface area contributed by atoms with Crippen LogP contribution >= 0.6 is 7.82 Å². The summed E-state index contributed by atoms with van der Waals surface area (Å²) in [5.74, 6) is -1.61. The number of esters is 2. The van der Waals surface area contributed by atoms with Gasteiger partial charge in [0.1, 0.15) is 19.8 Å². The summed E-state index contributed by atoms with van der Waals surface area (Å²) in [7, 11) is 1.37. The molecule has 0 bridgehead atoms. The van der Waals surface area contributed by atoms with Crippen LogP contribution in [0.2, 0.25) is 0 Å². The van der Waals surface area contributed by atoms with Crippen molar-refractivity contribution >= 4 is 19.8 Å². The molecule has 9 nitrogen and oxygen atoms in total. The van der Waals surface area contributed by atoms with E-state index in [1.165, 1.54) is 0 Å². The number of quaternary nitrogens is 1. The quantitative estimate of drug-likeness (QED) is 0.0282. The van der Waals surface area contributed by atoms with Gasteiger partial charge in [-0.05, 0) is 103 Å². The van der Waals surface area contributed by atoms with Gasteiger partial charge in [-0.25, -0.2) is 4.57 Å². The summed E-state index contributed by atoms with van der Waals surface area (Å²) >= 11 is 0. The Bertz CT molecular complexity index is 1490. The highest BCUT2D eigenvalue weighted by Gasteiger charge is 2.29. The molecular weight excluding hydrogens is 810 g/mol. The Morgan fingerprint density at radius 1 is 0.524 bits per heavy atom. The average Bonchev–Trinajstić information content (AvgIpc) is 3.23. The number of carbonyl (C=O) groups is 2. The van der Waals surface area contributed by atoms with Crippen molar-refractivity contribution < 1.29 is 42.1 Å². The van der Waals surface area contributed by atoms with Gasteiger partial charge in [0.05, 0.1) is 39.6 Å². The van der Waals surface area contributed by atoms with Gasteiger partial charge in [-0.2, -0.15) is 0 Å². The fraction of sp³-hybridized carbons (Fsp3) is 0.585. The fourth-order valence-electron chi connectivity index (χ4n) is 5.62. The molecule has 0 rings (SSSR count). The zero-order valence-corrected chi connectivity index (χ0v) is 40.5. The molecule has 4 unspecified atom stereocenters.